The van der Waals surface area contributed by atoms with Gasteiger partial charge in [-0.05, 0) is 13.3 Å². The van der Waals surface area contributed by atoms with Gasteiger partial charge in [0.2, 0.25) is 0 Å². The first-order valence-electron chi connectivity index (χ1n) is 3.51. The first-order valence-corrected chi connectivity index (χ1v) is 3.51. The van der Waals surface area contributed by atoms with Crippen molar-refractivity contribution in [1.29, 1.82) is 0 Å². The highest BCUT2D eigenvalue weighted by Crippen LogP contribution is 2.01. The zero-order chi connectivity index (χ0) is 8.69. The van der Waals surface area contributed by atoms with Crippen LogP contribution in [-0.2, 0) is 9.53 Å². The average molecular weight is 153 g/mol. The second kappa shape index (κ2) is 5.48. The molecule has 0 spiro atoms. The smallest absolute Gasteiger partial charge is 0.335 e. The normalized spacial score (nSPS) is 10.5. The first-order chi connectivity index (χ1) is 5.26. The molecule has 0 rings (SSSR count). The van der Waals surface area contributed by atoms with Crippen LogP contribution in [0.4, 0.5) is 0 Å². The Balaban J connectivity index is 4.18. The molecule has 0 aliphatic carbocycles. The lowest BCUT2D eigenvalue weighted by Crippen LogP contribution is -2.04. The molecule has 0 atom stereocenters. The maximum Gasteiger partial charge on any atom is 0.335 e. The van der Waals surface area contributed by atoms with Gasteiger partial charge in [-0.15, -0.1) is 0 Å². The van der Waals surface area contributed by atoms with Crippen molar-refractivity contribution < 1.29 is 9.53 Å². The molecule has 0 bridgehead atoms. The largest absolute Gasteiger partial charge is 0.471 e. The number of hydrogen-bond acceptors (Lipinski definition) is 2. The maximum absolute atomic E-state index is 10.9. The summed E-state index contributed by atoms with van der Waals surface area (Å²) in [6.45, 7) is 10.5. The van der Waals surface area contributed by atoms with Gasteiger partial charge in [0.05, 0.1) is 13.2 Å². The van der Waals surface area contributed by atoms with Crippen molar-refractivity contribution in [2.24, 2.45) is 0 Å². The third kappa shape index (κ3) is 3.41. The average Bonchev–Trinajstić information content (AvgIpc) is 2.00. The van der Waals surface area contributed by atoms with E-state index in [1.807, 2.05) is 6.92 Å². The molecule has 0 amide bonds. The van der Waals surface area contributed by atoms with Crippen molar-refractivity contribution in [2.75, 3.05) is 6.61 Å². The van der Waals surface area contributed by atoms with Crippen LogP contribution < -0.4 is 0 Å². The molecule has 0 unspecified atom stereocenters. The highest BCUT2D eigenvalue weighted by Gasteiger charge is 2.08. The summed E-state index contributed by atoms with van der Waals surface area (Å²) in [5.74, 6) is -0.524. The zero-order valence-corrected chi connectivity index (χ0v) is 6.76. The van der Waals surface area contributed by atoms with Crippen LogP contribution in [-0.4, -0.2) is 12.6 Å². The molecule has 0 radical (unpaired) electrons. The molecule has 0 N–H and O–H groups in total. The molecular weight excluding hydrogens is 142 g/mol. The summed E-state index contributed by atoms with van der Waals surface area (Å²) in [5, 5.41) is 0. The van der Waals surface area contributed by atoms with Gasteiger partial charge >= 0.3 is 5.97 Å². The highest BCUT2D eigenvalue weighted by atomic mass is 16.5. The summed E-state index contributed by atoms with van der Waals surface area (Å²) in [6, 6.07) is 0. The van der Waals surface area contributed by atoms with E-state index in [4.69, 9.17) is 6.57 Å². The van der Waals surface area contributed by atoms with Crippen molar-refractivity contribution >= 4 is 5.97 Å². The third-order valence-corrected chi connectivity index (χ3v) is 1.00. The molecule has 0 aliphatic rings. The van der Waals surface area contributed by atoms with E-state index in [1.165, 1.54) is 0 Å². The SMILES string of the molecule is [C-]#[N+]/C(=C\CC)C(=O)OCC. The third-order valence-electron chi connectivity index (χ3n) is 1.00. The summed E-state index contributed by atoms with van der Waals surface area (Å²) in [7, 11) is 0. The van der Waals surface area contributed by atoms with Crippen LogP contribution >= 0.6 is 0 Å². The quantitative estimate of drug-likeness (QED) is 0.351. The predicted molar refractivity (Wildman–Crippen MR) is 41.6 cm³/mol. The molecule has 0 aromatic carbocycles. The molecule has 3 heteroatoms. The minimum Gasteiger partial charge on any atom is -0.471 e. The Kier molecular flexibility index (Phi) is 4.83. The second-order valence-corrected chi connectivity index (χ2v) is 1.83. The molecule has 60 valence electrons. The Morgan fingerprint density at radius 3 is 2.64 bits per heavy atom. The summed E-state index contributed by atoms with van der Waals surface area (Å²) >= 11 is 0. The van der Waals surface area contributed by atoms with Gasteiger partial charge in [-0.3, -0.25) is 4.79 Å². The van der Waals surface area contributed by atoms with Crippen molar-refractivity contribution in [2.45, 2.75) is 20.3 Å². The van der Waals surface area contributed by atoms with E-state index < -0.39 is 5.97 Å². The van der Waals surface area contributed by atoms with Crippen molar-refractivity contribution in [3.8, 4) is 0 Å². The Hall–Kier alpha value is -1.30. The standard InChI is InChI=1S/C8H11NO2/c1-4-6-7(9-3)8(10)11-5-2/h6H,4-5H2,1-2H3/b7-6-. The molecule has 11 heavy (non-hydrogen) atoms. The number of hydrogen-bond donors (Lipinski definition) is 0. The Labute approximate surface area is 66.5 Å². The van der Waals surface area contributed by atoms with E-state index in [0.717, 1.165) is 0 Å². The number of nitrogens with zero attached hydrogens (tertiary/aromatic N) is 1. The molecule has 0 saturated carbocycles. The Morgan fingerprint density at radius 2 is 2.27 bits per heavy atom. The molecule has 0 aromatic heterocycles. The van der Waals surface area contributed by atoms with Gasteiger partial charge in [0, 0.05) is 0 Å². The Morgan fingerprint density at radius 1 is 1.64 bits per heavy atom. The number of carbonyl (C=O) groups excluding carboxylic acids is 1. The van der Waals surface area contributed by atoms with Gasteiger partial charge in [-0.25, -0.2) is 4.85 Å². The fourth-order valence-corrected chi connectivity index (χ4v) is 0.573. The van der Waals surface area contributed by atoms with Gasteiger partial charge in [-0.2, -0.15) is 0 Å². The second-order valence-electron chi connectivity index (χ2n) is 1.83. The number of ether oxygens (including phenoxy) is 1. The highest BCUT2D eigenvalue weighted by molar-refractivity contribution is 5.90. The minimum absolute atomic E-state index is 0.0781. The van der Waals surface area contributed by atoms with E-state index in [1.54, 1.807) is 13.0 Å². The molecular formula is C8H11NO2. The number of rotatable bonds is 3. The lowest BCUT2D eigenvalue weighted by molar-refractivity contribution is -0.138. The van der Waals surface area contributed by atoms with Crippen LogP contribution in [0.2, 0.25) is 0 Å². The van der Waals surface area contributed by atoms with E-state index in [2.05, 4.69) is 9.58 Å². The first kappa shape index (κ1) is 9.70. The molecule has 0 aromatic rings. The van der Waals surface area contributed by atoms with Gasteiger partial charge < -0.3 is 4.74 Å². The van der Waals surface area contributed by atoms with Crippen molar-refractivity contribution in [1.82, 2.24) is 0 Å². The predicted octanol–water partition coefficient (Wildman–Crippen LogP) is 1.76. The molecule has 0 heterocycles. The lowest BCUT2D eigenvalue weighted by Gasteiger charge is -1.97. The molecule has 0 fully saturated rings. The van der Waals surface area contributed by atoms with Crippen LogP contribution in [0, 0.1) is 6.57 Å². The number of carbonyl (C=O) groups is 1. The van der Waals surface area contributed by atoms with Crippen LogP contribution in [0.5, 0.6) is 0 Å². The lowest BCUT2D eigenvalue weighted by atomic mass is 10.3. The van der Waals surface area contributed by atoms with Crippen molar-refractivity contribution in [3.63, 3.8) is 0 Å². The van der Waals surface area contributed by atoms with Crippen LogP contribution in [0.25, 0.3) is 4.85 Å². The van der Waals surface area contributed by atoms with E-state index in [0.29, 0.717) is 13.0 Å². The number of esters is 1. The maximum atomic E-state index is 10.9. The van der Waals surface area contributed by atoms with Gasteiger partial charge in [0.1, 0.15) is 0 Å². The summed E-state index contributed by atoms with van der Waals surface area (Å²) < 4.78 is 4.63. The van der Waals surface area contributed by atoms with Crippen LogP contribution in [0.1, 0.15) is 20.3 Å². The van der Waals surface area contributed by atoms with Crippen molar-refractivity contribution in [3.05, 3.63) is 23.2 Å². The summed E-state index contributed by atoms with van der Waals surface area (Å²) in [4.78, 5) is 13.9. The topological polar surface area (TPSA) is 30.7 Å². The van der Waals surface area contributed by atoms with Crippen LogP contribution in [0.15, 0.2) is 11.8 Å². The van der Waals surface area contributed by atoms with Crippen LogP contribution in [0.3, 0.4) is 0 Å². The van der Waals surface area contributed by atoms with Gasteiger partial charge in [0.15, 0.2) is 0 Å². The fourth-order valence-electron chi connectivity index (χ4n) is 0.573. The van der Waals surface area contributed by atoms with E-state index >= 15 is 0 Å². The fraction of sp³-hybridized carbons (Fsp3) is 0.500. The van der Waals surface area contributed by atoms with Gasteiger partial charge in [-0.1, -0.05) is 13.0 Å². The van der Waals surface area contributed by atoms with Gasteiger partial charge in [0.25, 0.3) is 5.70 Å². The zero-order valence-electron chi connectivity index (χ0n) is 6.76. The molecule has 0 saturated heterocycles. The minimum atomic E-state index is -0.524. The summed E-state index contributed by atoms with van der Waals surface area (Å²) in [5.41, 5.74) is 0.0781. The van der Waals surface area contributed by atoms with E-state index in [-0.39, 0.29) is 5.70 Å². The Bertz CT molecular complexity index is 201. The monoisotopic (exact) mass is 153 g/mol. The molecule has 0 aliphatic heterocycles. The summed E-state index contributed by atoms with van der Waals surface area (Å²) in [6.07, 6.45) is 2.24. The number of allylic oxidation sites excluding steroid dienone is 1. The molecule has 3 nitrogen and oxygen atoms in total. The van der Waals surface area contributed by atoms with E-state index in [9.17, 15) is 4.79 Å².